The molecule has 0 bridgehead atoms. The highest BCUT2D eigenvalue weighted by Gasteiger charge is 2.25. The number of sulfonamides is 1. The Morgan fingerprint density at radius 1 is 1.53 bits per heavy atom. The summed E-state index contributed by atoms with van der Waals surface area (Å²) >= 11 is 0. The lowest BCUT2D eigenvalue weighted by Crippen LogP contribution is -2.35. The molecule has 1 fully saturated rings. The van der Waals surface area contributed by atoms with Gasteiger partial charge in [0.2, 0.25) is 10.0 Å². The Kier molecular flexibility index (Phi) is 4.56. The summed E-state index contributed by atoms with van der Waals surface area (Å²) < 4.78 is 32.4. The topological polar surface area (TPSA) is 104 Å². The fourth-order valence-corrected chi connectivity index (χ4v) is 3.60. The smallest absolute Gasteiger partial charge is 0.244 e. The Morgan fingerprint density at radius 3 is 2.95 bits per heavy atom. The quantitative estimate of drug-likeness (QED) is 0.711. The Hall–Kier alpha value is -0.960. The standard InChI is InChI=1S/C11H19N3O4S/c1-8-11(10(7-15)14-13-8)19(16,17)12-6-9-4-2-3-5-18-9/h9,12,15H,2-7H2,1H3,(H,13,14). The third kappa shape index (κ3) is 3.33. The molecule has 0 aliphatic carbocycles. The average Bonchev–Trinajstić information content (AvgIpc) is 2.80. The van der Waals surface area contributed by atoms with E-state index in [0.717, 1.165) is 19.3 Å². The summed E-state index contributed by atoms with van der Waals surface area (Å²) in [6.07, 6.45) is 2.87. The molecule has 0 saturated carbocycles. The van der Waals surface area contributed by atoms with Gasteiger partial charge in [-0.2, -0.15) is 5.10 Å². The van der Waals surface area contributed by atoms with E-state index in [-0.39, 0.29) is 23.2 Å². The fraction of sp³-hybridized carbons (Fsp3) is 0.727. The van der Waals surface area contributed by atoms with Gasteiger partial charge in [-0.05, 0) is 26.2 Å². The molecule has 1 aromatic heterocycles. The number of rotatable bonds is 5. The van der Waals surface area contributed by atoms with Crippen LogP contribution in [0.15, 0.2) is 4.90 Å². The number of aliphatic hydroxyl groups is 1. The molecule has 108 valence electrons. The minimum absolute atomic E-state index is 0.0332. The van der Waals surface area contributed by atoms with E-state index >= 15 is 0 Å². The van der Waals surface area contributed by atoms with Crippen molar-refractivity contribution in [2.45, 2.75) is 43.8 Å². The summed E-state index contributed by atoms with van der Waals surface area (Å²) in [5, 5.41) is 15.5. The van der Waals surface area contributed by atoms with Gasteiger partial charge < -0.3 is 9.84 Å². The summed E-state index contributed by atoms with van der Waals surface area (Å²) in [6.45, 7) is 2.12. The van der Waals surface area contributed by atoms with E-state index in [2.05, 4.69) is 14.9 Å². The maximum absolute atomic E-state index is 12.2. The van der Waals surface area contributed by atoms with Crippen LogP contribution in [0.5, 0.6) is 0 Å². The number of hydrogen-bond acceptors (Lipinski definition) is 5. The highest BCUT2D eigenvalue weighted by Crippen LogP contribution is 2.18. The van der Waals surface area contributed by atoms with Crippen LogP contribution in [0.4, 0.5) is 0 Å². The van der Waals surface area contributed by atoms with Crippen molar-refractivity contribution in [1.29, 1.82) is 0 Å². The lowest BCUT2D eigenvalue weighted by atomic mass is 10.1. The summed E-state index contributed by atoms with van der Waals surface area (Å²) in [6, 6.07) is 0. The molecular weight excluding hydrogens is 270 g/mol. The predicted molar refractivity (Wildman–Crippen MR) is 68.0 cm³/mol. The van der Waals surface area contributed by atoms with E-state index in [1.54, 1.807) is 6.92 Å². The molecule has 0 spiro atoms. The molecule has 8 heteroatoms. The van der Waals surface area contributed by atoms with Gasteiger partial charge in [0.15, 0.2) is 0 Å². The average molecular weight is 289 g/mol. The van der Waals surface area contributed by atoms with Gasteiger partial charge >= 0.3 is 0 Å². The molecule has 1 aromatic rings. The van der Waals surface area contributed by atoms with Crippen LogP contribution in [-0.2, 0) is 21.4 Å². The Balaban J connectivity index is 2.07. The first-order valence-corrected chi connectivity index (χ1v) is 7.79. The fourth-order valence-electron chi connectivity index (χ4n) is 2.18. The van der Waals surface area contributed by atoms with Gasteiger partial charge in [-0.15, -0.1) is 0 Å². The van der Waals surface area contributed by atoms with Crippen molar-refractivity contribution in [3.63, 3.8) is 0 Å². The van der Waals surface area contributed by atoms with E-state index < -0.39 is 16.6 Å². The van der Waals surface area contributed by atoms with Crippen molar-refractivity contribution in [3.05, 3.63) is 11.4 Å². The van der Waals surface area contributed by atoms with Gasteiger partial charge in [0.1, 0.15) is 10.6 Å². The van der Waals surface area contributed by atoms with Crippen LogP contribution < -0.4 is 4.72 Å². The highest BCUT2D eigenvalue weighted by molar-refractivity contribution is 7.89. The van der Waals surface area contributed by atoms with E-state index in [0.29, 0.717) is 12.3 Å². The number of aryl methyl sites for hydroxylation is 1. The largest absolute Gasteiger partial charge is 0.390 e. The molecule has 7 nitrogen and oxygen atoms in total. The van der Waals surface area contributed by atoms with Gasteiger partial charge in [0, 0.05) is 13.2 Å². The van der Waals surface area contributed by atoms with Crippen molar-refractivity contribution in [2.24, 2.45) is 0 Å². The van der Waals surface area contributed by atoms with Crippen LogP contribution in [-0.4, -0.2) is 43.0 Å². The second-order valence-corrected chi connectivity index (χ2v) is 6.33. The number of aromatic amines is 1. The summed E-state index contributed by atoms with van der Waals surface area (Å²) in [5.41, 5.74) is 0.552. The van der Waals surface area contributed by atoms with E-state index in [4.69, 9.17) is 9.84 Å². The first kappa shape index (κ1) is 14.4. The molecular formula is C11H19N3O4S. The monoisotopic (exact) mass is 289 g/mol. The second kappa shape index (κ2) is 6.00. The molecule has 0 radical (unpaired) electrons. The minimum Gasteiger partial charge on any atom is -0.390 e. The molecule has 1 saturated heterocycles. The van der Waals surface area contributed by atoms with E-state index in [1.165, 1.54) is 0 Å². The first-order valence-electron chi connectivity index (χ1n) is 6.30. The molecule has 2 rings (SSSR count). The minimum atomic E-state index is -3.67. The van der Waals surface area contributed by atoms with Gasteiger partial charge in [-0.25, -0.2) is 13.1 Å². The first-order chi connectivity index (χ1) is 9.04. The Morgan fingerprint density at radius 2 is 2.32 bits per heavy atom. The third-order valence-electron chi connectivity index (χ3n) is 3.15. The lowest BCUT2D eigenvalue weighted by molar-refractivity contribution is 0.0200. The van der Waals surface area contributed by atoms with Gasteiger partial charge in [0.25, 0.3) is 0 Å². The number of hydrogen-bond donors (Lipinski definition) is 3. The number of nitrogens with zero attached hydrogens (tertiary/aromatic N) is 1. The van der Waals surface area contributed by atoms with Crippen molar-refractivity contribution in [3.8, 4) is 0 Å². The zero-order valence-corrected chi connectivity index (χ0v) is 11.7. The highest BCUT2D eigenvalue weighted by atomic mass is 32.2. The summed E-state index contributed by atoms with van der Waals surface area (Å²) in [4.78, 5) is 0.0332. The molecule has 1 unspecified atom stereocenters. The van der Waals surface area contributed by atoms with Gasteiger partial charge in [-0.1, -0.05) is 0 Å². The maximum Gasteiger partial charge on any atom is 0.244 e. The van der Waals surface area contributed by atoms with Crippen LogP contribution >= 0.6 is 0 Å². The predicted octanol–water partition coefficient (Wildman–Crippen LogP) is 0.0578. The van der Waals surface area contributed by atoms with Crippen molar-refractivity contribution < 1.29 is 18.3 Å². The zero-order chi connectivity index (χ0) is 13.9. The third-order valence-corrected chi connectivity index (χ3v) is 4.78. The van der Waals surface area contributed by atoms with Crippen LogP contribution in [0.2, 0.25) is 0 Å². The summed E-state index contributed by atoms with van der Waals surface area (Å²) in [5.74, 6) is 0. The lowest BCUT2D eigenvalue weighted by Gasteiger charge is -2.22. The molecule has 2 heterocycles. The summed E-state index contributed by atoms with van der Waals surface area (Å²) in [7, 11) is -3.67. The van der Waals surface area contributed by atoms with Gasteiger partial charge in [-0.3, -0.25) is 5.10 Å². The number of aromatic nitrogens is 2. The normalized spacial score (nSPS) is 20.6. The van der Waals surface area contributed by atoms with Crippen LogP contribution in [0.25, 0.3) is 0 Å². The second-order valence-electron chi connectivity index (χ2n) is 4.62. The molecule has 0 aromatic carbocycles. The number of ether oxygens (including phenoxy) is 1. The molecule has 1 aliphatic rings. The number of aliphatic hydroxyl groups excluding tert-OH is 1. The van der Waals surface area contributed by atoms with Crippen molar-refractivity contribution in [2.75, 3.05) is 13.2 Å². The van der Waals surface area contributed by atoms with Crippen molar-refractivity contribution >= 4 is 10.0 Å². The van der Waals surface area contributed by atoms with Crippen LogP contribution in [0.1, 0.15) is 30.7 Å². The zero-order valence-electron chi connectivity index (χ0n) is 10.8. The number of H-pyrrole nitrogens is 1. The molecule has 3 N–H and O–H groups in total. The molecule has 0 amide bonds. The van der Waals surface area contributed by atoms with Crippen molar-refractivity contribution in [1.82, 2.24) is 14.9 Å². The Labute approximate surface area is 112 Å². The maximum atomic E-state index is 12.2. The SMILES string of the molecule is Cc1[nH]nc(CO)c1S(=O)(=O)NCC1CCCCO1. The van der Waals surface area contributed by atoms with Gasteiger partial charge in [0.05, 0.1) is 18.4 Å². The van der Waals surface area contributed by atoms with Crippen LogP contribution in [0.3, 0.4) is 0 Å². The molecule has 19 heavy (non-hydrogen) atoms. The number of nitrogens with one attached hydrogen (secondary N) is 2. The van der Waals surface area contributed by atoms with Crippen LogP contribution in [0, 0.1) is 6.92 Å². The van der Waals surface area contributed by atoms with E-state index in [9.17, 15) is 8.42 Å². The molecule has 1 atom stereocenters. The Bertz CT molecular complexity index is 520. The van der Waals surface area contributed by atoms with E-state index in [1.807, 2.05) is 0 Å². The molecule has 1 aliphatic heterocycles.